The summed E-state index contributed by atoms with van der Waals surface area (Å²) in [5.41, 5.74) is -0.508. The molecule has 1 atom stereocenters. The Bertz CT molecular complexity index is 282. The SMILES string of the molecule is CC(C)(C)OC(=O)N1CC[C@H]([CH]C(=O)O)C1. The maximum atomic E-state index is 11.6. The van der Waals surface area contributed by atoms with Crippen LogP contribution in [0.4, 0.5) is 4.79 Å². The van der Waals surface area contributed by atoms with Crippen LogP contribution in [-0.4, -0.2) is 40.8 Å². The van der Waals surface area contributed by atoms with Gasteiger partial charge in [0.1, 0.15) is 5.60 Å². The molecule has 0 aliphatic carbocycles. The molecule has 1 rings (SSSR count). The molecular formula is C11H18NO4. The summed E-state index contributed by atoms with van der Waals surface area (Å²) in [5, 5.41) is 8.59. The van der Waals surface area contributed by atoms with E-state index in [1.165, 1.54) is 6.42 Å². The molecule has 0 aromatic carbocycles. The maximum absolute atomic E-state index is 11.6. The molecule has 0 bridgehead atoms. The molecule has 1 amide bonds. The van der Waals surface area contributed by atoms with Crippen molar-refractivity contribution in [2.45, 2.75) is 32.8 Å². The Kier molecular flexibility index (Phi) is 3.78. The van der Waals surface area contributed by atoms with E-state index in [1.54, 1.807) is 4.90 Å². The summed E-state index contributed by atoms with van der Waals surface area (Å²) in [7, 11) is 0. The number of likely N-dealkylation sites (tertiary alicyclic amines) is 1. The molecule has 1 saturated heterocycles. The average molecular weight is 228 g/mol. The highest BCUT2D eigenvalue weighted by Crippen LogP contribution is 2.21. The van der Waals surface area contributed by atoms with E-state index in [-0.39, 0.29) is 12.0 Å². The van der Waals surface area contributed by atoms with Gasteiger partial charge in [0.25, 0.3) is 0 Å². The van der Waals surface area contributed by atoms with Gasteiger partial charge in [-0.25, -0.2) is 4.79 Å². The maximum Gasteiger partial charge on any atom is 0.410 e. The largest absolute Gasteiger partial charge is 0.481 e. The van der Waals surface area contributed by atoms with Crippen LogP contribution >= 0.6 is 0 Å². The standard InChI is InChI=1S/C11H18NO4/c1-11(2,3)16-10(15)12-5-4-8(7-12)6-9(13)14/h6,8H,4-5,7H2,1-3H3,(H,13,14)/t8-/m1/s1. The monoisotopic (exact) mass is 228 g/mol. The molecule has 5 heteroatoms. The fourth-order valence-electron chi connectivity index (χ4n) is 1.62. The molecule has 0 aromatic rings. The van der Waals surface area contributed by atoms with Crippen LogP contribution in [0.25, 0.3) is 0 Å². The Morgan fingerprint density at radius 2 is 2.06 bits per heavy atom. The van der Waals surface area contributed by atoms with Gasteiger partial charge >= 0.3 is 12.1 Å². The van der Waals surface area contributed by atoms with Crippen molar-refractivity contribution in [2.24, 2.45) is 5.92 Å². The minimum Gasteiger partial charge on any atom is -0.481 e. The summed E-state index contributed by atoms with van der Waals surface area (Å²) < 4.78 is 5.20. The minimum absolute atomic E-state index is 0.0648. The Morgan fingerprint density at radius 1 is 1.44 bits per heavy atom. The first-order valence-electron chi connectivity index (χ1n) is 5.33. The number of hydrogen-bond donors (Lipinski definition) is 1. The Hall–Kier alpha value is -1.26. The van der Waals surface area contributed by atoms with Crippen LogP contribution in [0.3, 0.4) is 0 Å². The average Bonchev–Trinajstić information content (AvgIpc) is 2.48. The topological polar surface area (TPSA) is 66.8 Å². The third-order valence-electron chi connectivity index (χ3n) is 2.25. The molecule has 0 saturated carbocycles. The van der Waals surface area contributed by atoms with Gasteiger partial charge in [-0.05, 0) is 33.1 Å². The van der Waals surface area contributed by atoms with Gasteiger partial charge in [-0.2, -0.15) is 0 Å². The Balaban J connectivity index is 2.41. The minimum atomic E-state index is -0.934. The lowest BCUT2D eigenvalue weighted by molar-refractivity contribution is -0.133. The van der Waals surface area contributed by atoms with Crippen LogP contribution in [0.2, 0.25) is 0 Å². The lowest BCUT2D eigenvalue weighted by Gasteiger charge is -2.24. The van der Waals surface area contributed by atoms with Crippen molar-refractivity contribution in [1.29, 1.82) is 0 Å². The number of amides is 1. The molecule has 1 fully saturated rings. The molecule has 1 heterocycles. The predicted molar refractivity (Wildman–Crippen MR) is 57.8 cm³/mol. The number of hydrogen-bond acceptors (Lipinski definition) is 3. The zero-order valence-electron chi connectivity index (χ0n) is 9.90. The second-order valence-electron chi connectivity index (χ2n) is 4.98. The van der Waals surface area contributed by atoms with E-state index in [4.69, 9.17) is 9.84 Å². The summed E-state index contributed by atoms with van der Waals surface area (Å²) in [5.74, 6) is -0.999. The van der Waals surface area contributed by atoms with E-state index < -0.39 is 11.6 Å². The Labute approximate surface area is 95.4 Å². The molecule has 16 heavy (non-hydrogen) atoms. The van der Waals surface area contributed by atoms with Gasteiger partial charge < -0.3 is 14.7 Å². The summed E-state index contributed by atoms with van der Waals surface area (Å²) in [4.78, 5) is 23.7. The van der Waals surface area contributed by atoms with Crippen LogP contribution < -0.4 is 0 Å². The second kappa shape index (κ2) is 4.72. The van der Waals surface area contributed by atoms with Crippen molar-refractivity contribution in [1.82, 2.24) is 4.90 Å². The summed E-state index contributed by atoms with van der Waals surface area (Å²) in [6, 6.07) is 0. The first-order chi connectivity index (χ1) is 7.28. The van der Waals surface area contributed by atoms with Crippen molar-refractivity contribution in [2.75, 3.05) is 13.1 Å². The van der Waals surface area contributed by atoms with E-state index in [1.807, 2.05) is 20.8 Å². The fourth-order valence-corrected chi connectivity index (χ4v) is 1.62. The van der Waals surface area contributed by atoms with E-state index in [2.05, 4.69) is 0 Å². The lowest BCUT2D eigenvalue weighted by atomic mass is 10.1. The number of carboxylic acid groups (broad SMARTS) is 1. The molecule has 1 N–H and O–H groups in total. The van der Waals surface area contributed by atoms with Crippen LogP contribution in [0, 0.1) is 12.3 Å². The molecule has 91 valence electrons. The first-order valence-corrected chi connectivity index (χ1v) is 5.33. The van der Waals surface area contributed by atoms with Gasteiger partial charge in [-0.15, -0.1) is 0 Å². The highest BCUT2D eigenvalue weighted by molar-refractivity contribution is 5.77. The van der Waals surface area contributed by atoms with Crippen molar-refractivity contribution in [3.63, 3.8) is 0 Å². The van der Waals surface area contributed by atoms with E-state index in [9.17, 15) is 9.59 Å². The van der Waals surface area contributed by atoms with Crippen LogP contribution in [-0.2, 0) is 9.53 Å². The predicted octanol–water partition coefficient (Wildman–Crippen LogP) is 1.53. The number of nitrogens with zero attached hydrogens (tertiary/aromatic N) is 1. The molecule has 0 unspecified atom stereocenters. The molecule has 0 aromatic heterocycles. The van der Waals surface area contributed by atoms with Gasteiger partial charge in [0.2, 0.25) is 0 Å². The van der Waals surface area contributed by atoms with Crippen LogP contribution in [0.1, 0.15) is 27.2 Å². The number of aliphatic carboxylic acids is 1. The summed E-state index contributed by atoms with van der Waals surface area (Å²) in [6.45, 7) is 6.41. The summed E-state index contributed by atoms with van der Waals surface area (Å²) in [6.07, 6.45) is 1.56. The summed E-state index contributed by atoms with van der Waals surface area (Å²) >= 11 is 0. The number of rotatable bonds is 2. The zero-order valence-corrected chi connectivity index (χ0v) is 9.90. The van der Waals surface area contributed by atoms with Gasteiger partial charge in [0.05, 0.1) is 6.42 Å². The van der Waals surface area contributed by atoms with Gasteiger partial charge in [0, 0.05) is 13.1 Å². The third kappa shape index (κ3) is 4.08. The zero-order chi connectivity index (χ0) is 12.3. The van der Waals surface area contributed by atoms with Crippen molar-refractivity contribution in [3.8, 4) is 0 Å². The van der Waals surface area contributed by atoms with Crippen molar-refractivity contribution < 1.29 is 19.4 Å². The number of carbonyl (C=O) groups excluding carboxylic acids is 1. The van der Waals surface area contributed by atoms with E-state index in [0.29, 0.717) is 19.5 Å². The van der Waals surface area contributed by atoms with Crippen molar-refractivity contribution >= 4 is 12.1 Å². The normalized spacial score (nSPS) is 20.9. The quantitative estimate of drug-likeness (QED) is 0.778. The molecule has 0 spiro atoms. The number of carbonyl (C=O) groups is 2. The van der Waals surface area contributed by atoms with Crippen LogP contribution in [0.15, 0.2) is 0 Å². The first kappa shape index (κ1) is 12.8. The van der Waals surface area contributed by atoms with Gasteiger partial charge in [-0.3, -0.25) is 4.79 Å². The molecule has 1 aliphatic rings. The van der Waals surface area contributed by atoms with Gasteiger partial charge in [-0.1, -0.05) is 0 Å². The second-order valence-corrected chi connectivity index (χ2v) is 4.98. The lowest BCUT2D eigenvalue weighted by Crippen LogP contribution is -2.35. The van der Waals surface area contributed by atoms with Gasteiger partial charge in [0.15, 0.2) is 0 Å². The number of carboxylic acids is 1. The highest BCUT2D eigenvalue weighted by atomic mass is 16.6. The van der Waals surface area contributed by atoms with E-state index >= 15 is 0 Å². The molecule has 1 radical (unpaired) electrons. The molecule has 1 aliphatic heterocycles. The van der Waals surface area contributed by atoms with E-state index in [0.717, 1.165) is 0 Å². The highest BCUT2D eigenvalue weighted by Gasteiger charge is 2.30. The molecular weight excluding hydrogens is 210 g/mol. The van der Waals surface area contributed by atoms with Crippen molar-refractivity contribution in [3.05, 3.63) is 6.42 Å². The number of ether oxygens (including phenoxy) is 1. The molecule has 5 nitrogen and oxygen atoms in total. The smallest absolute Gasteiger partial charge is 0.410 e. The fraction of sp³-hybridized carbons (Fsp3) is 0.727. The Morgan fingerprint density at radius 3 is 2.56 bits per heavy atom. The van der Waals surface area contributed by atoms with Crippen LogP contribution in [0.5, 0.6) is 0 Å². The third-order valence-corrected chi connectivity index (χ3v) is 2.25.